The Kier molecular flexibility index (Phi) is 7.91. The van der Waals surface area contributed by atoms with E-state index in [1.807, 2.05) is 49.9 Å². The van der Waals surface area contributed by atoms with Gasteiger partial charge in [-0.25, -0.2) is 4.98 Å². The van der Waals surface area contributed by atoms with Gasteiger partial charge in [0.25, 0.3) is 5.56 Å². The summed E-state index contributed by atoms with van der Waals surface area (Å²) in [5, 5.41) is 1.33. The van der Waals surface area contributed by atoms with Crippen LogP contribution >= 0.6 is 23.1 Å². The van der Waals surface area contributed by atoms with Crippen LogP contribution in [0.15, 0.2) is 34.2 Å². The number of methoxy groups -OCH3 is 1. The molecule has 2 heterocycles. The van der Waals surface area contributed by atoms with Crippen LogP contribution in [0.25, 0.3) is 20.3 Å². The SMILES string of the molecule is CC[C@H](Sc1nc2c(sc3ccccc32)c(=O)n1CCCOC)C(=O)N(CC)CC. The van der Waals surface area contributed by atoms with Crippen molar-refractivity contribution in [3.63, 3.8) is 0 Å². The number of ether oxygens (including phenoxy) is 1. The number of thioether (sulfide) groups is 1. The highest BCUT2D eigenvalue weighted by molar-refractivity contribution is 8.00. The van der Waals surface area contributed by atoms with Crippen molar-refractivity contribution in [2.24, 2.45) is 0 Å². The molecule has 0 N–H and O–H groups in total. The van der Waals surface area contributed by atoms with Crippen LogP contribution in [-0.4, -0.2) is 52.4 Å². The third-order valence-electron chi connectivity index (χ3n) is 5.15. The quantitative estimate of drug-likeness (QED) is 0.262. The van der Waals surface area contributed by atoms with Crippen LogP contribution in [0.3, 0.4) is 0 Å². The molecular formula is C22H29N3O3S2. The number of thiophene rings is 1. The third kappa shape index (κ3) is 4.55. The molecule has 0 radical (unpaired) electrons. The Morgan fingerprint density at radius 2 is 2.00 bits per heavy atom. The minimum Gasteiger partial charge on any atom is -0.385 e. The highest BCUT2D eigenvalue weighted by Crippen LogP contribution is 2.33. The summed E-state index contributed by atoms with van der Waals surface area (Å²) in [5.74, 6) is 0.0977. The molecule has 0 fully saturated rings. The van der Waals surface area contributed by atoms with Crippen LogP contribution in [0, 0.1) is 0 Å². The van der Waals surface area contributed by atoms with Gasteiger partial charge in [0.05, 0.1) is 10.8 Å². The lowest BCUT2D eigenvalue weighted by Crippen LogP contribution is -2.37. The Labute approximate surface area is 185 Å². The van der Waals surface area contributed by atoms with Crippen molar-refractivity contribution in [1.29, 1.82) is 0 Å². The normalized spacial score (nSPS) is 12.5. The van der Waals surface area contributed by atoms with Gasteiger partial charge >= 0.3 is 0 Å². The fourth-order valence-electron chi connectivity index (χ4n) is 3.48. The molecule has 1 amide bonds. The van der Waals surface area contributed by atoms with Crippen LogP contribution in [0.1, 0.15) is 33.6 Å². The van der Waals surface area contributed by atoms with Crippen LogP contribution in [0.5, 0.6) is 0 Å². The number of benzene rings is 1. The van der Waals surface area contributed by atoms with Crippen molar-refractivity contribution in [3.8, 4) is 0 Å². The summed E-state index contributed by atoms with van der Waals surface area (Å²) in [5.41, 5.74) is 0.696. The summed E-state index contributed by atoms with van der Waals surface area (Å²) >= 11 is 2.89. The van der Waals surface area contributed by atoms with E-state index in [1.165, 1.54) is 23.1 Å². The summed E-state index contributed by atoms with van der Waals surface area (Å²) < 4.78 is 8.62. The molecule has 0 bridgehead atoms. The standard InChI is InChI=1S/C22H29N3O3S2/c1-5-16(20(26)24(6-2)7-3)30-22-23-18-15-11-8-9-12-17(15)29-19(18)21(27)25(22)13-10-14-28-4/h8-9,11-12,16H,5-7,10,13-14H2,1-4H3/t16-/m0/s1. The van der Waals surface area contributed by atoms with Gasteiger partial charge in [0.15, 0.2) is 5.16 Å². The van der Waals surface area contributed by atoms with E-state index in [1.54, 1.807) is 11.7 Å². The highest BCUT2D eigenvalue weighted by Gasteiger charge is 2.25. The molecule has 1 atom stereocenters. The molecule has 0 saturated heterocycles. The van der Waals surface area contributed by atoms with Crippen molar-refractivity contribution in [2.45, 2.75) is 50.6 Å². The summed E-state index contributed by atoms with van der Waals surface area (Å²) in [6.07, 6.45) is 1.39. The molecular weight excluding hydrogens is 418 g/mol. The molecule has 0 unspecified atom stereocenters. The zero-order valence-corrected chi connectivity index (χ0v) is 19.6. The number of amides is 1. The smallest absolute Gasteiger partial charge is 0.272 e. The second-order valence-corrected chi connectivity index (χ2v) is 9.22. The Morgan fingerprint density at radius 1 is 1.27 bits per heavy atom. The molecule has 3 aromatic rings. The van der Waals surface area contributed by atoms with E-state index in [2.05, 4.69) is 0 Å². The van der Waals surface area contributed by atoms with Crippen molar-refractivity contribution >= 4 is 49.3 Å². The van der Waals surface area contributed by atoms with Gasteiger partial charge in [-0.1, -0.05) is 36.9 Å². The molecule has 0 spiro atoms. The van der Waals surface area contributed by atoms with Gasteiger partial charge in [-0.3, -0.25) is 14.2 Å². The van der Waals surface area contributed by atoms with Crippen LogP contribution < -0.4 is 5.56 Å². The lowest BCUT2D eigenvalue weighted by atomic mass is 10.2. The van der Waals surface area contributed by atoms with E-state index in [9.17, 15) is 9.59 Å². The molecule has 8 heteroatoms. The van der Waals surface area contributed by atoms with Crippen molar-refractivity contribution < 1.29 is 9.53 Å². The van der Waals surface area contributed by atoms with Crippen LogP contribution in [0.4, 0.5) is 0 Å². The fourth-order valence-corrected chi connectivity index (χ4v) is 5.69. The van der Waals surface area contributed by atoms with Gasteiger partial charge in [-0.05, 0) is 32.8 Å². The van der Waals surface area contributed by atoms with Gasteiger partial charge < -0.3 is 9.64 Å². The van der Waals surface area contributed by atoms with Gasteiger partial charge in [0, 0.05) is 43.4 Å². The maximum absolute atomic E-state index is 13.4. The Morgan fingerprint density at radius 3 is 2.67 bits per heavy atom. The number of hydrogen-bond donors (Lipinski definition) is 0. The average Bonchev–Trinajstić information content (AvgIpc) is 3.13. The van der Waals surface area contributed by atoms with Crippen molar-refractivity contribution in [2.75, 3.05) is 26.8 Å². The second-order valence-electron chi connectivity index (χ2n) is 7.00. The maximum atomic E-state index is 13.4. The first-order valence-corrected chi connectivity index (χ1v) is 12.1. The first-order chi connectivity index (χ1) is 14.5. The highest BCUT2D eigenvalue weighted by atomic mass is 32.2. The minimum atomic E-state index is -0.271. The van der Waals surface area contributed by atoms with Gasteiger partial charge in [0.2, 0.25) is 5.91 Å². The predicted molar refractivity (Wildman–Crippen MR) is 126 cm³/mol. The van der Waals surface area contributed by atoms with Crippen LogP contribution in [-0.2, 0) is 16.1 Å². The number of fused-ring (bicyclic) bond motifs is 3. The summed E-state index contributed by atoms with van der Waals surface area (Å²) in [4.78, 5) is 33.1. The molecule has 0 saturated carbocycles. The van der Waals surface area contributed by atoms with Gasteiger partial charge in [-0.15, -0.1) is 11.3 Å². The zero-order chi connectivity index (χ0) is 21.7. The predicted octanol–water partition coefficient (Wildman–Crippen LogP) is 4.39. The largest absolute Gasteiger partial charge is 0.385 e. The first-order valence-electron chi connectivity index (χ1n) is 10.4. The maximum Gasteiger partial charge on any atom is 0.272 e. The molecule has 0 aliphatic heterocycles. The zero-order valence-electron chi connectivity index (χ0n) is 18.0. The fraction of sp³-hybridized carbons (Fsp3) is 0.500. The second kappa shape index (κ2) is 10.4. The average molecular weight is 448 g/mol. The molecule has 6 nitrogen and oxygen atoms in total. The summed E-state index contributed by atoms with van der Waals surface area (Å²) in [6.45, 7) is 8.41. The number of carbonyl (C=O) groups is 1. The van der Waals surface area contributed by atoms with Gasteiger partial charge in [0.1, 0.15) is 4.70 Å². The Bertz CT molecular complexity index is 1070. The van der Waals surface area contributed by atoms with Crippen molar-refractivity contribution in [1.82, 2.24) is 14.5 Å². The van der Waals surface area contributed by atoms with Crippen LogP contribution in [0.2, 0.25) is 0 Å². The first kappa shape index (κ1) is 22.8. The van der Waals surface area contributed by atoms with E-state index >= 15 is 0 Å². The lowest BCUT2D eigenvalue weighted by Gasteiger charge is -2.24. The van der Waals surface area contributed by atoms with E-state index in [0.717, 1.165) is 15.6 Å². The van der Waals surface area contributed by atoms with E-state index < -0.39 is 0 Å². The molecule has 0 aliphatic rings. The third-order valence-corrected chi connectivity index (χ3v) is 7.64. The molecule has 0 aliphatic carbocycles. The molecule has 2 aromatic heterocycles. The monoisotopic (exact) mass is 447 g/mol. The number of aromatic nitrogens is 2. The van der Waals surface area contributed by atoms with E-state index in [4.69, 9.17) is 9.72 Å². The summed E-state index contributed by atoms with van der Waals surface area (Å²) in [6, 6.07) is 7.96. The Balaban J connectivity index is 2.09. The van der Waals surface area contributed by atoms with Gasteiger partial charge in [-0.2, -0.15) is 0 Å². The molecule has 1 aromatic carbocycles. The molecule has 162 valence electrons. The van der Waals surface area contributed by atoms with E-state index in [0.29, 0.717) is 48.9 Å². The molecule has 3 rings (SSSR count). The number of hydrogen-bond acceptors (Lipinski definition) is 6. The summed E-state index contributed by atoms with van der Waals surface area (Å²) in [7, 11) is 1.65. The lowest BCUT2D eigenvalue weighted by molar-refractivity contribution is -0.130. The minimum absolute atomic E-state index is 0.0371. The number of carbonyl (C=O) groups excluding carboxylic acids is 1. The van der Waals surface area contributed by atoms with Crippen molar-refractivity contribution in [3.05, 3.63) is 34.6 Å². The topological polar surface area (TPSA) is 64.4 Å². The molecule has 30 heavy (non-hydrogen) atoms. The number of rotatable bonds is 10. The Hall–Kier alpha value is -1.90. The van der Waals surface area contributed by atoms with E-state index in [-0.39, 0.29) is 16.7 Å². The number of nitrogens with zero attached hydrogens (tertiary/aromatic N) is 3.